The van der Waals surface area contributed by atoms with Crippen LogP contribution in [0.25, 0.3) is 11.3 Å². The number of hydrogen-bond donors (Lipinski definition) is 2. The largest absolute Gasteiger partial charge is 0.492 e. The highest BCUT2D eigenvalue weighted by Crippen LogP contribution is 2.33. The van der Waals surface area contributed by atoms with Gasteiger partial charge in [0.25, 0.3) is 0 Å². The monoisotopic (exact) mass is 489 g/mol. The highest BCUT2D eigenvalue weighted by atomic mass is 19.4. The maximum Gasteiger partial charge on any atom is 0.416 e. The van der Waals surface area contributed by atoms with E-state index in [1.807, 2.05) is 13.1 Å². The van der Waals surface area contributed by atoms with Gasteiger partial charge in [-0.15, -0.1) is 0 Å². The standard InChI is InChI=1S/C24H26F3N5O3/c1-31-21(8-9-28-31)20-16-19(6-7-22(20)35-15-12-32-10-13-34-14-11-32)30-23(33)29-18-4-2-17(3-5-18)24(25,26)27/h2-9,16H,10-15H2,1H3,(H2,29,30,33). The smallest absolute Gasteiger partial charge is 0.416 e. The molecule has 0 bridgehead atoms. The second kappa shape index (κ2) is 10.8. The van der Waals surface area contributed by atoms with E-state index in [0.717, 1.165) is 56.2 Å². The average molecular weight is 489 g/mol. The highest BCUT2D eigenvalue weighted by Gasteiger charge is 2.30. The number of hydrogen-bond acceptors (Lipinski definition) is 5. The number of morpholine rings is 1. The zero-order chi connectivity index (χ0) is 24.8. The van der Waals surface area contributed by atoms with Crippen molar-refractivity contribution >= 4 is 17.4 Å². The van der Waals surface area contributed by atoms with Gasteiger partial charge in [0.2, 0.25) is 0 Å². The molecule has 1 fully saturated rings. The number of amides is 2. The maximum absolute atomic E-state index is 12.7. The molecule has 0 unspecified atom stereocenters. The minimum Gasteiger partial charge on any atom is -0.492 e. The number of halogens is 3. The summed E-state index contributed by atoms with van der Waals surface area (Å²) in [7, 11) is 1.81. The Balaban J connectivity index is 1.44. The van der Waals surface area contributed by atoms with Gasteiger partial charge in [-0.25, -0.2) is 4.79 Å². The van der Waals surface area contributed by atoms with Crippen molar-refractivity contribution in [3.63, 3.8) is 0 Å². The van der Waals surface area contributed by atoms with Crippen LogP contribution in [0.15, 0.2) is 54.7 Å². The number of nitrogens with one attached hydrogen (secondary N) is 2. The zero-order valence-corrected chi connectivity index (χ0v) is 19.1. The molecule has 1 aromatic heterocycles. The maximum atomic E-state index is 12.7. The highest BCUT2D eigenvalue weighted by molar-refractivity contribution is 6.00. The van der Waals surface area contributed by atoms with Crippen molar-refractivity contribution in [2.45, 2.75) is 6.18 Å². The fourth-order valence-electron chi connectivity index (χ4n) is 3.72. The summed E-state index contributed by atoms with van der Waals surface area (Å²) in [4.78, 5) is 14.7. The Hall–Kier alpha value is -3.57. The molecular formula is C24H26F3N5O3. The predicted octanol–water partition coefficient (Wildman–Crippen LogP) is 4.46. The zero-order valence-electron chi connectivity index (χ0n) is 19.1. The average Bonchev–Trinajstić information content (AvgIpc) is 3.26. The van der Waals surface area contributed by atoms with Crippen molar-refractivity contribution < 1.29 is 27.4 Å². The number of benzene rings is 2. The Bertz CT molecular complexity index is 1140. The molecule has 1 saturated heterocycles. The van der Waals surface area contributed by atoms with Crippen LogP contribution >= 0.6 is 0 Å². The van der Waals surface area contributed by atoms with Crippen molar-refractivity contribution in [3.05, 3.63) is 60.3 Å². The second-order valence-electron chi connectivity index (χ2n) is 8.01. The van der Waals surface area contributed by atoms with Crippen LogP contribution in [-0.4, -0.2) is 60.2 Å². The number of carbonyl (C=O) groups is 1. The quantitative estimate of drug-likeness (QED) is 0.512. The molecule has 0 saturated carbocycles. The van der Waals surface area contributed by atoms with Gasteiger partial charge < -0.3 is 20.1 Å². The Kier molecular flexibility index (Phi) is 7.57. The van der Waals surface area contributed by atoms with Crippen LogP contribution in [0.5, 0.6) is 5.75 Å². The van der Waals surface area contributed by atoms with Gasteiger partial charge >= 0.3 is 12.2 Å². The minimum absolute atomic E-state index is 0.241. The van der Waals surface area contributed by atoms with E-state index in [4.69, 9.17) is 9.47 Å². The molecule has 0 aliphatic carbocycles. The SMILES string of the molecule is Cn1nccc1-c1cc(NC(=O)Nc2ccc(C(F)(F)F)cc2)ccc1OCCN1CCOCC1. The van der Waals surface area contributed by atoms with E-state index < -0.39 is 17.8 Å². The molecule has 186 valence electrons. The Morgan fingerprint density at radius 1 is 1.06 bits per heavy atom. The normalized spacial score (nSPS) is 14.5. The van der Waals surface area contributed by atoms with Crippen LogP contribution in [0.3, 0.4) is 0 Å². The molecule has 0 radical (unpaired) electrons. The van der Waals surface area contributed by atoms with Crippen LogP contribution < -0.4 is 15.4 Å². The van der Waals surface area contributed by atoms with E-state index in [-0.39, 0.29) is 5.69 Å². The van der Waals surface area contributed by atoms with E-state index >= 15 is 0 Å². The molecule has 2 aromatic carbocycles. The molecular weight excluding hydrogens is 463 g/mol. The Labute approximate surface area is 200 Å². The number of rotatable bonds is 7. The van der Waals surface area contributed by atoms with Crippen molar-refractivity contribution in [2.75, 3.05) is 50.1 Å². The van der Waals surface area contributed by atoms with Crippen molar-refractivity contribution in [1.82, 2.24) is 14.7 Å². The van der Waals surface area contributed by atoms with E-state index in [2.05, 4.69) is 20.6 Å². The lowest BCUT2D eigenvalue weighted by atomic mass is 10.1. The van der Waals surface area contributed by atoms with E-state index in [0.29, 0.717) is 18.0 Å². The van der Waals surface area contributed by atoms with Crippen LogP contribution in [0.4, 0.5) is 29.3 Å². The molecule has 2 heterocycles. The van der Waals surface area contributed by atoms with Gasteiger partial charge in [0.1, 0.15) is 12.4 Å². The van der Waals surface area contributed by atoms with Crippen LogP contribution in [-0.2, 0) is 18.0 Å². The number of urea groups is 1. The number of aryl methyl sites for hydroxylation is 1. The molecule has 1 aliphatic rings. The summed E-state index contributed by atoms with van der Waals surface area (Å²) in [5, 5.41) is 9.47. The molecule has 2 N–H and O–H groups in total. The molecule has 3 aromatic rings. The molecule has 4 rings (SSSR count). The molecule has 0 atom stereocenters. The Morgan fingerprint density at radius 3 is 2.40 bits per heavy atom. The number of anilines is 2. The second-order valence-corrected chi connectivity index (χ2v) is 8.01. The van der Waals surface area contributed by atoms with Crippen LogP contribution in [0.1, 0.15) is 5.56 Å². The molecule has 1 aliphatic heterocycles. The van der Waals surface area contributed by atoms with Crippen LogP contribution in [0, 0.1) is 0 Å². The summed E-state index contributed by atoms with van der Waals surface area (Å²) in [6.07, 6.45) is -2.76. The fraction of sp³-hybridized carbons (Fsp3) is 0.333. The lowest BCUT2D eigenvalue weighted by molar-refractivity contribution is -0.137. The molecule has 8 nitrogen and oxygen atoms in total. The number of alkyl halides is 3. The first-order chi connectivity index (χ1) is 16.8. The fourth-order valence-corrected chi connectivity index (χ4v) is 3.72. The van der Waals surface area contributed by atoms with Crippen molar-refractivity contribution in [3.8, 4) is 17.0 Å². The van der Waals surface area contributed by atoms with Gasteiger partial charge in [0.15, 0.2) is 0 Å². The van der Waals surface area contributed by atoms with Crippen LogP contribution in [0.2, 0.25) is 0 Å². The predicted molar refractivity (Wildman–Crippen MR) is 125 cm³/mol. The molecule has 35 heavy (non-hydrogen) atoms. The number of aromatic nitrogens is 2. The number of ether oxygens (including phenoxy) is 2. The lowest BCUT2D eigenvalue weighted by Crippen LogP contribution is -2.38. The lowest BCUT2D eigenvalue weighted by Gasteiger charge is -2.26. The summed E-state index contributed by atoms with van der Waals surface area (Å²) in [5.74, 6) is 0.649. The first-order valence-corrected chi connectivity index (χ1v) is 11.1. The van der Waals surface area contributed by atoms with E-state index in [1.165, 1.54) is 12.1 Å². The van der Waals surface area contributed by atoms with Gasteiger partial charge in [0, 0.05) is 49.8 Å². The van der Waals surface area contributed by atoms with Crippen molar-refractivity contribution in [2.24, 2.45) is 7.05 Å². The Morgan fingerprint density at radius 2 is 1.74 bits per heavy atom. The summed E-state index contributed by atoms with van der Waals surface area (Å²) in [6, 6.07) is 10.7. The van der Waals surface area contributed by atoms with Gasteiger partial charge in [-0.2, -0.15) is 18.3 Å². The summed E-state index contributed by atoms with van der Waals surface area (Å²) < 4.78 is 51.3. The number of carbonyl (C=O) groups excluding carboxylic acids is 1. The third-order valence-electron chi connectivity index (χ3n) is 5.57. The van der Waals surface area contributed by atoms with E-state index in [9.17, 15) is 18.0 Å². The third kappa shape index (κ3) is 6.52. The topological polar surface area (TPSA) is 80.7 Å². The summed E-state index contributed by atoms with van der Waals surface area (Å²) in [6.45, 7) is 4.43. The van der Waals surface area contributed by atoms with Gasteiger partial charge in [-0.1, -0.05) is 0 Å². The minimum atomic E-state index is -4.44. The molecule has 0 spiro atoms. The van der Waals surface area contributed by atoms with Gasteiger partial charge in [-0.05, 0) is 48.5 Å². The van der Waals surface area contributed by atoms with E-state index in [1.54, 1.807) is 29.1 Å². The molecule has 11 heteroatoms. The third-order valence-corrected chi connectivity index (χ3v) is 5.57. The van der Waals surface area contributed by atoms with Crippen molar-refractivity contribution in [1.29, 1.82) is 0 Å². The summed E-state index contributed by atoms with van der Waals surface area (Å²) in [5.41, 5.74) is 1.50. The molecule has 2 amide bonds. The first kappa shape index (κ1) is 24.6. The number of nitrogens with zero attached hydrogens (tertiary/aromatic N) is 3. The first-order valence-electron chi connectivity index (χ1n) is 11.1. The summed E-state index contributed by atoms with van der Waals surface area (Å²) >= 11 is 0. The van der Waals surface area contributed by atoms with Gasteiger partial charge in [-0.3, -0.25) is 9.58 Å². The van der Waals surface area contributed by atoms with Gasteiger partial charge in [0.05, 0.1) is 24.5 Å².